The van der Waals surface area contributed by atoms with Crippen LogP contribution in [-0.2, 0) is 0 Å². The highest BCUT2D eigenvalue weighted by molar-refractivity contribution is 6.20. The molecule has 1 aliphatic carbocycles. The molecule has 3 aromatic carbocycles. The minimum atomic E-state index is 0.0167. The lowest BCUT2D eigenvalue weighted by atomic mass is 9.89. The van der Waals surface area contributed by atoms with E-state index in [1.165, 1.54) is 0 Å². The van der Waals surface area contributed by atoms with Crippen LogP contribution in [-0.4, -0.2) is 27.1 Å². The van der Waals surface area contributed by atoms with Crippen LogP contribution in [0.25, 0.3) is 28.0 Å². The Balaban J connectivity index is 1.98. The molecule has 0 saturated carbocycles. The van der Waals surface area contributed by atoms with Gasteiger partial charge < -0.3 is 14.2 Å². The lowest BCUT2D eigenvalue weighted by molar-refractivity contribution is 0.104. The molecule has 4 rings (SSSR count). The van der Waals surface area contributed by atoms with Gasteiger partial charge in [0.2, 0.25) is 5.75 Å². The van der Waals surface area contributed by atoms with Crippen LogP contribution >= 0.6 is 0 Å². The highest BCUT2D eigenvalue weighted by Crippen LogP contribution is 2.42. The van der Waals surface area contributed by atoms with Crippen LogP contribution in [0.15, 0.2) is 48.5 Å². The van der Waals surface area contributed by atoms with Crippen molar-refractivity contribution in [3.05, 3.63) is 59.7 Å². The van der Waals surface area contributed by atoms with Crippen molar-refractivity contribution >= 4 is 22.6 Å². The van der Waals surface area contributed by atoms with E-state index in [1.807, 2.05) is 42.5 Å². The second kappa shape index (κ2) is 6.23. The number of allylic oxidation sites excluding steroid dienone is 1. The number of rotatable bonds is 4. The highest BCUT2D eigenvalue weighted by Gasteiger charge is 2.19. The van der Waals surface area contributed by atoms with E-state index in [1.54, 1.807) is 27.4 Å². The van der Waals surface area contributed by atoms with E-state index in [4.69, 9.17) is 14.2 Å². The van der Waals surface area contributed by atoms with Crippen LogP contribution in [0.3, 0.4) is 0 Å². The molecular formula is C22H18O4. The Morgan fingerprint density at radius 2 is 1.46 bits per heavy atom. The zero-order valence-corrected chi connectivity index (χ0v) is 14.8. The quantitative estimate of drug-likeness (QED) is 0.684. The maximum atomic E-state index is 12.4. The number of methoxy groups -OCH3 is 3. The van der Waals surface area contributed by atoms with E-state index in [0.717, 1.165) is 27.5 Å². The monoisotopic (exact) mass is 346 g/mol. The van der Waals surface area contributed by atoms with Crippen LogP contribution in [0, 0.1) is 0 Å². The third kappa shape index (κ3) is 2.42. The zero-order valence-electron chi connectivity index (χ0n) is 14.8. The van der Waals surface area contributed by atoms with Crippen molar-refractivity contribution in [1.29, 1.82) is 0 Å². The summed E-state index contributed by atoms with van der Waals surface area (Å²) in [5.74, 6) is 1.72. The van der Waals surface area contributed by atoms with Crippen molar-refractivity contribution < 1.29 is 19.0 Å². The maximum absolute atomic E-state index is 12.4. The first-order valence-electron chi connectivity index (χ1n) is 8.26. The molecule has 4 nitrogen and oxygen atoms in total. The smallest absolute Gasteiger partial charge is 0.203 e. The maximum Gasteiger partial charge on any atom is 0.203 e. The van der Waals surface area contributed by atoms with E-state index in [2.05, 4.69) is 6.07 Å². The van der Waals surface area contributed by atoms with Gasteiger partial charge in [-0.2, -0.15) is 0 Å². The SMILES string of the molecule is COc1cc(-c2cc3c4c(cccc4c2)C=CC3=O)cc(OC)c1OC. The molecule has 0 aromatic heterocycles. The van der Waals surface area contributed by atoms with E-state index < -0.39 is 0 Å². The van der Waals surface area contributed by atoms with E-state index in [9.17, 15) is 4.79 Å². The predicted octanol–water partition coefficient (Wildman–Crippen LogP) is 4.74. The molecule has 0 aliphatic heterocycles. The van der Waals surface area contributed by atoms with Gasteiger partial charge in [-0.15, -0.1) is 0 Å². The first-order valence-corrected chi connectivity index (χ1v) is 8.26. The van der Waals surface area contributed by atoms with Crippen LogP contribution in [0.5, 0.6) is 17.2 Å². The Morgan fingerprint density at radius 3 is 2.12 bits per heavy atom. The summed E-state index contributed by atoms with van der Waals surface area (Å²) >= 11 is 0. The molecule has 0 fully saturated rings. The number of ether oxygens (including phenoxy) is 3. The normalized spacial score (nSPS) is 12.3. The van der Waals surface area contributed by atoms with Crippen LogP contribution in [0.1, 0.15) is 15.9 Å². The zero-order chi connectivity index (χ0) is 18.3. The van der Waals surface area contributed by atoms with Gasteiger partial charge >= 0.3 is 0 Å². The molecule has 0 amide bonds. The van der Waals surface area contributed by atoms with Crippen LogP contribution < -0.4 is 14.2 Å². The topological polar surface area (TPSA) is 44.8 Å². The average molecular weight is 346 g/mol. The van der Waals surface area contributed by atoms with Gasteiger partial charge in [0, 0.05) is 10.9 Å². The summed E-state index contributed by atoms with van der Waals surface area (Å²) in [7, 11) is 4.75. The molecule has 0 atom stereocenters. The summed E-state index contributed by atoms with van der Waals surface area (Å²) in [6.07, 6.45) is 3.49. The summed E-state index contributed by atoms with van der Waals surface area (Å²) in [5.41, 5.74) is 3.59. The van der Waals surface area contributed by atoms with Gasteiger partial charge in [-0.05, 0) is 52.4 Å². The molecule has 0 unspecified atom stereocenters. The fraction of sp³-hybridized carbons (Fsp3) is 0.136. The van der Waals surface area contributed by atoms with E-state index in [-0.39, 0.29) is 5.78 Å². The van der Waals surface area contributed by atoms with Crippen LogP contribution in [0.2, 0.25) is 0 Å². The number of hydrogen-bond donors (Lipinski definition) is 0. The summed E-state index contributed by atoms with van der Waals surface area (Å²) in [6, 6.07) is 13.8. The van der Waals surface area contributed by atoms with Gasteiger partial charge in [-0.3, -0.25) is 4.79 Å². The van der Waals surface area contributed by atoms with Crippen LogP contribution in [0.4, 0.5) is 0 Å². The molecule has 0 spiro atoms. The molecule has 0 N–H and O–H groups in total. The van der Waals surface area contributed by atoms with Gasteiger partial charge in [0.25, 0.3) is 0 Å². The molecule has 4 heteroatoms. The van der Waals surface area contributed by atoms with Crippen molar-refractivity contribution in [3.63, 3.8) is 0 Å². The van der Waals surface area contributed by atoms with Gasteiger partial charge in [0.1, 0.15) is 0 Å². The number of hydrogen-bond acceptors (Lipinski definition) is 4. The average Bonchev–Trinajstić information content (AvgIpc) is 2.69. The first-order chi connectivity index (χ1) is 12.7. The second-order valence-corrected chi connectivity index (χ2v) is 6.08. The Bertz CT molecular complexity index is 1040. The van der Waals surface area contributed by atoms with Crippen molar-refractivity contribution in [2.45, 2.75) is 0 Å². The van der Waals surface area contributed by atoms with E-state index in [0.29, 0.717) is 22.8 Å². The summed E-state index contributed by atoms with van der Waals surface area (Å²) in [5, 5.41) is 2.03. The van der Waals surface area contributed by atoms with E-state index >= 15 is 0 Å². The fourth-order valence-electron chi connectivity index (χ4n) is 3.46. The minimum absolute atomic E-state index is 0.0167. The first kappa shape index (κ1) is 16.2. The van der Waals surface area contributed by atoms with Crippen molar-refractivity contribution in [3.8, 4) is 28.4 Å². The lowest BCUT2D eigenvalue weighted by Crippen LogP contribution is -2.02. The Labute approximate surface area is 151 Å². The third-order valence-corrected chi connectivity index (χ3v) is 4.69. The van der Waals surface area contributed by atoms with Gasteiger partial charge in [0.15, 0.2) is 17.3 Å². The number of carbonyl (C=O) groups excluding carboxylic acids is 1. The predicted molar refractivity (Wildman–Crippen MR) is 102 cm³/mol. The molecule has 3 aromatic rings. The molecule has 1 aliphatic rings. The molecule has 0 bridgehead atoms. The standard InChI is InChI=1S/C22H18O4/c1-24-19-11-16(12-20(25-2)22(19)26-3)15-9-14-6-4-5-13-7-8-18(23)17(10-15)21(13)14/h4-12H,1-3H3. The van der Waals surface area contributed by atoms with Crippen molar-refractivity contribution in [2.24, 2.45) is 0 Å². The van der Waals surface area contributed by atoms with Gasteiger partial charge in [-0.1, -0.05) is 24.3 Å². The molecule has 26 heavy (non-hydrogen) atoms. The molecular weight excluding hydrogens is 328 g/mol. The lowest BCUT2D eigenvalue weighted by Gasteiger charge is -2.17. The van der Waals surface area contributed by atoms with Gasteiger partial charge in [-0.25, -0.2) is 0 Å². The minimum Gasteiger partial charge on any atom is -0.493 e. The molecule has 0 heterocycles. The van der Waals surface area contributed by atoms with Crippen molar-refractivity contribution in [2.75, 3.05) is 21.3 Å². The Morgan fingerprint density at radius 1 is 0.769 bits per heavy atom. The second-order valence-electron chi connectivity index (χ2n) is 6.08. The number of ketones is 1. The summed E-state index contributed by atoms with van der Waals surface area (Å²) in [4.78, 5) is 12.4. The Kier molecular flexibility index (Phi) is 3.88. The highest BCUT2D eigenvalue weighted by atomic mass is 16.5. The summed E-state index contributed by atoms with van der Waals surface area (Å²) in [6.45, 7) is 0. The summed E-state index contributed by atoms with van der Waals surface area (Å²) < 4.78 is 16.3. The molecule has 0 radical (unpaired) electrons. The van der Waals surface area contributed by atoms with Gasteiger partial charge in [0.05, 0.1) is 21.3 Å². The molecule has 130 valence electrons. The number of carbonyl (C=O) groups is 1. The molecule has 0 saturated heterocycles. The largest absolute Gasteiger partial charge is 0.493 e. The Hall–Kier alpha value is -3.27. The number of benzene rings is 3. The fourth-order valence-corrected chi connectivity index (χ4v) is 3.46. The third-order valence-electron chi connectivity index (χ3n) is 4.69. The van der Waals surface area contributed by atoms with Crippen molar-refractivity contribution in [1.82, 2.24) is 0 Å².